The van der Waals surface area contributed by atoms with Gasteiger partial charge in [0, 0.05) is 49.0 Å². The molecule has 0 aromatic carbocycles. The number of aryl methyl sites for hydroxylation is 1. The average Bonchev–Trinajstić information content (AvgIpc) is 3.23. The third-order valence-electron chi connectivity index (χ3n) is 5.79. The Labute approximate surface area is 201 Å². The molecule has 2 amide bonds. The number of halogens is 1. The summed E-state index contributed by atoms with van der Waals surface area (Å²) in [5.74, 6) is 0.292. The molecule has 3 aromatic heterocycles. The van der Waals surface area contributed by atoms with E-state index in [0.717, 1.165) is 29.8 Å². The summed E-state index contributed by atoms with van der Waals surface area (Å²) < 4.78 is 5.78. The van der Waals surface area contributed by atoms with Crippen molar-refractivity contribution < 1.29 is 14.3 Å². The van der Waals surface area contributed by atoms with Crippen LogP contribution in [0.1, 0.15) is 56.4 Å². The maximum atomic E-state index is 13.0. The van der Waals surface area contributed by atoms with Crippen molar-refractivity contribution in [2.24, 2.45) is 0 Å². The molecular formula is C24H25ClN4O3S. The molecule has 33 heavy (non-hydrogen) atoms. The molecular weight excluding hydrogens is 460 g/mol. The summed E-state index contributed by atoms with van der Waals surface area (Å²) in [6.07, 6.45) is 4.89. The van der Waals surface area contributed by atoms with Gasteiger partial charge in [0.25, 0.3) is 11.8 Å². The highest BCUT2D eigenvalue weighted by Crippen LogP contribution is 2.37. The molecule has 1 fully saturated rings. The molecule has 0 spiro atoms. The minimum absolute atomic E-state index is 0.0833. The number of nitrogens with one attached hydrogen (secondary N) is 1. The summed E-state index contributed by atoms with van der Waals surface area (Å²) in [5.41, 5.74) is 3.67. The number of hydrogen-bond donors (Lipinski definition) is 1. The van der Waals surface area contributed by atoms with Gasteiger partial charge in [-0.15, -0.1) is 11.3 Å². The van der Waals surface area contributed by atoms with E-state index < -0.39 is 0 Å². The zero-order valence-electron chi connectivity index (χ0n) is 18.5. The number of carbonyl (C=O) groups excluding carboxylic acids is 2. The van der Waals surface area contributed by atoms with Crippen molar-refractivity contribution in [3.05, 3.63) is 74.5 Å². The van der Waals surface area contributed by atoms with Crippen LogP contribution in [0.25, 0.3) is 0 Å². The van der Waals surface area contributed by atoms with Gasteiger partial charge in [0.2, 0.25) is 0 Å². The predicted molar refractivity (Wildman–Crippen MR) is 128 cm³/mol. The molecule has 1 N–H and O–H groups in total. The number of aromatic nitrogens is 2. The van der Waals surface area contributed by atoms with Crippen LogP contribution in [0.3, 0.4) is 0 Å². The molecule has 0 unspecified atom stereocenters. The molecule has 1 aliphatic heterocycles. The third-order valence-corrected chi connectivity index (χ3v) is 6.98. The van der Waals surface area contributed by atoms with E-state index in [-0.39, 0.29) is 17.7 Å². The largest absolute Gasteiger partial charge is 0.493 e. The van der Waals surface area contributed by atoms with Crippen LogP contribution >= 0.6 is 22.9 Å². The fourth-order valence-electron chi connectivity index (χ4n) is 4.05. The number of rotatable bonds is 6. The van der Waals surface area contributed by atoms with Crippen molar-refractivity contribution in [1.29, 1.82) is 0 Å². The van der Waals surface area contributed by atoms with E-state index in [0.29, 0.717) is 40.8 Å². The lowest BCUT2D eigenvalue weighted by molar-refractivity contribution is 0.0708. The number of methoxy groups -OCH3 is 1. The van der Waals surface area contributed by atoms with Gasteiger partial charge in [-0.1, -0.05) is 17.7 Å². The number of thiophene rings is 1. The van der Waals surface area contributed by atoms with E-state index in [9.17, 15) is 9.59 Å². The second kappa shape index (κ2) is 10.3. The van der Waals surface area contributed by atoms with Crippen LogP contribution in [0.5, 0.6) is 5.75 Å². The first-order valence-corrected chi connectivity index (χ1v) is 12.0. The van der Waals surface area contributed by atoms with Crippen LogP contribution < -0.4 is 10.1 Å². The van der Waals surface area contributed by atoms with E-state index in [1.807, 2.05) is 36.1 Å². The third kappa shape index (κ3) is 5.17. The van der Waals surface area contributed by atoms with Crippen LogP contribution in [0.2, 0.25) is 4.34 Å². The summed E-state index contributed by atoms with van der Waals surface area (Å²) in [4.78, 5) is 36.6. The highest BCUT2D eigenvalue weighted by atomic mass is 35.5. The first-order valence-electron chi connectivity index (χ1n) is 10.7. The van der Waals surface area contributed by atoms with Crippen molar-refractivity contribution in [3.8, 4) is 5.75 Å². The molecule has 0 saturated carbocycles. The van der Waals surface area contributed by atoms with Gasteiger partial charge in [-0.05, 0) is 43.5 Å². The number of carbonyl (C=O) groups is 2. The van der Waals surface area contributed by atoms with Crippen LogP contribution in [0, 0.1) is 6.92 Å². The number of amides is 2. The predicted octanol–water partition coefficient (Wildman–Crippen LogP) is 4.46. The molecule has 1 aliphatic rings. The van der Waals surface area contributed by atoms with Crippen LogP contribution in [0.4, 0.5) is 0 Å². The fraction of sp³-hybridized carbons (Fsp3) is 0.333. The van der Waals surface area contributed by atoms with Gasteiger partial charge >= 0.3 is 0 Å². The van der Waals surface area contributed by atoms with E-state index in [4.69, 9.17) is 21.3 Å². The maximum Gasteiger partial charge on any atom is 0.258 e. The smallest absolute Gasteiger partial charge is 0.258 e. The topological polar surface area (TPSA) is 84.4 Å². The Morgan fingerprint density at radius 3 is 2.73 bits per heavy atom. The molecule has 0 bridgehead atoms. The fourth-order valence-corrected chi connectivity index (χ4v) is 5.09. The highest BCUT2D eigenvalue weighted by Gasteiger charge is 2.30. The first-order chi connectivity index (χ1) is 16.0. The van der Waals surface area contributed by atoms with Crippen molar-refractivity contribution >= 4 is 34.8 Å². The molecule has 3 aromatic rings. The van der Waals surface area contributed by atoms with Crippen LogP contribution in [-0.2, 0) is 6.54 Å². The minimum atomic E-state index is -0.155. The lowest BCUT2D eigenvalue weighted by Crippen LogP contribution is -2.38. The zero-order valence-corrected chi connectivity index (χ0v) is 20.1. The molecule has 4 heterocycles. The van der Waals surface area contributed by atoms with E-state index in [1.54, 1.807) is 17.8 Å². The van der Waals surface area contributed by atoms with Crippen molar-refractivity contribution in [2.75, 3.05) is 20.2 Å². The van der Waals surface area contributed by atoms with E-state index in [1.165, 1.54) is 18.4 Å². The van der Waals surface area contributed by atoms with E-state index in [2.05, 4.69) is 10.3 Å². The van der Waals surface area contributed by atoms with Gasteiger partial charge in [0.15, 0.2) is 5.75 Å². The van der Waals surface area contributed by atoms with Gasteiger partial charge in [0.1, 0.15) is 4.34 Å². The van der Waals surface area contributed by atoms with Gasteiger partial charge < -0.3 is 15.0 Å². The average molecular weight is 485 g/mol. The Balaban J connectivity index is 1.45. The number of hydrogen-bond acceptors (Lipinski definition) is 6. The normalized spacial score (nSPS) is 14.2. The monoisotopic (exact) mass is 484 g/mol. The summed E-state index contributed by atoms with van der Waals surface area (Å²) in [6, 6.07) is 7.46. The SMILES string of the molecule is COc1c(C(=O)N2CCC(c3nc(C)ccc3C(=O)NCc3cccnc3)CC2)csc1Cl. The Morgan fingerprint density at radius 1 is 1.24 bits per heavy atom. The number of piperidine rings is 1. The Hall–Kier alpha value is -2.97. The van der Waals surface area contributed by atoms with Crippen molar-refractivity contribution in [1.82, 2.24) is 20.2 Å². The molecule has 1 saturated heterocycles. The molecule has 9 heteroatoms. The summed E-state index contributed by atoms with van der Waals surface area (Å²) in [6.45, 7) is 3.48. The molecule has 7 nitrogen and oxygen atoms in total. The van der Waals surface area contributed by atoms with Gasteiger partial charge in [-0.3, -0.25) is 19.6 Å². The standard InChI is InChI=1S/C24H25ClN4O3S/c1-15-5-6-18(23(30)27-13-16-4-3-9-26-12-16)20(28-15)17-7-10-29(11-8-17)24(31)19-14-33-22(25)21(19)32-2/h3-6,9,12,14,17H,7-8,10-11,13H2,1-2H3,(H,27,30). The van der Waals surface area contributed by atoms with Gasteiger partial charge in [-0.25, -0.2) is 0 Å². The molecule has 172 valence electrons. The second-order valence-corrected chi connectivity index (χ2v) is 9.43. The highest BCUT2D eigenvalue weighted by molar-refractivity contribution is 7.15. The number of nitrogens with zero attached hydrogens (tertiary/aromatic N) is 3. The lowest BCUT2D eigenvalue weighted by atomic mass is 9.89. The number of ether oxygens (including phenoxy) is 1. The minimum Gasteiger partial charge on any atom is -0.493 e. The Bertz CT molecular complexity index is 1140. The van der Waals surface area contributed by atoms with Crippen molar-refractivity contribution in [2.45, 2.75) is 32.2 Å². The van der Waals surface area contributed by atoms with Gasteiger partial charge in [0.05, 0.1) is 23.9 Å². The quantitative estimate of drug-likeness (QED) is 0.558. The number of likely N-dealkylation sites (tertiary alicyclic amines) is 1. The molecule has 4 rings (SSSR count). The van der Waals surface area contributed by atoms with Crippen LogP contribution in [-0.4, -0.2) is 46.9 Å². The number of pyridine rings is 2. The maximum absolute atomic E-state index is 13.0. The first kappa shape index (κ1) is 23.2. The summed E-state index contributed by atoms with van der Waals surface area (Å²) in [5, 5.41) is 4.71. The molecule has 0 radical (unpaired) electrons. The molecule has 0 aliphatic carbocycles. The van der Waals surface area contributed by atoms with Crippen molar-refractivity contribution in [3.63, 3.8) is 0 Å². The van der Waals surface area contributed by atoms with Gasteiger partial charge in [-0.2, -0.15) is 0 Å². The van der Waals surface area contributed by atoms with E-state index >= 15 is 0 Å². The lowest BCUT2D eigenvalue weighted by Gasteiger charge is -2.32. The summed E-state index contributed by atoms with van der Waals surface area (Å²) in [7, 11) is 1.52. The zero-order chi connectivity index (χ0) is 23.4. The summed E-state index contributed by atoms with van der Waals surface area (Å²) >= 11 is 7.42. The second-order valence-electron chi connectivity index (χ2n) is 7.95. The van der Waals surface area contributed by atoms with Crippen LogP contribution in [0.15, 0.2) is 42.0 Å². The Kier molecular flexibility index (Phi) is 7.25. The molecule has 0 atom stereocenters. The Morgan fingerprint density at radius 2 is 2.03 bits per heavy atom.